The number of hydrogen-bond acceptors (Lipinski definition) is 8. The fourth-order valence-corrected chi connectivity index (χ4v) is 7.66. The average Bonchev–Trinajstić information content (AvgIpc) is 3.19. The summed E-state index contributed by atoms with van der Waals surface area (Å²) in [5, 5.41) is 0. The Kier molecular flexibility index (Phi) is 14.6. The molecule has 0 amide bonds. The molecule has 2 aliphatic carbocycles. The van der Waals surface area contributed by atoms with E-state index in [2.05, 4.69) is 13.2 Å². The maximum Gasteiger partial charge on any atom is 0.343 e. The van der Waals surface area contributed by atoms with E-state index in [1.54, 1.807) is 36.4 Å². The highest BCUT2D eigenvalue weighted by atomic mass is 16.6. The van der Waals surface area contributed by atoms with Crippen molar-refractivity contribution >= 4 is 23.9 Å². The molecule has 280 valence electrons. The first-order chi connectivity index (χ1) is 25.7. The molecule has 0 bridgehead atoms. The molecular weight excluding hydrogens is 668 g/mol. The zero-order valence-electron chi connectivity index (χ0n) is 30.9. The third-order valence-corrected chi connectivity index (χ3v) is 10.8. The molecular formula is C45H52O8. The lowest BCUT2D eigenvalue weighted by Gasteiger charge is -2.29. The van der Waals surface area contributed by atoms with Crippen molar-refractivity contribution in [3.8, 4) is 11.5 Å². The zero-order valence-corrected chi connectivity index (χ0v) is 30.9. The van der Waals surface area contributed by atoms with Gasteiger partial charge >= 0.3 is 23.9 Å². The lowest BCUT2D eigenvalue weighted by atomic mass is 9.77. The fraction of sp³-hybridized carbons (Fsp3) is 0.422. The van der Waals surface area contributed by atoms with Gasteiger partial charge in [-0.25, -0.2) is 19.2 Å². The molecule has 3 aromatic rings. The van der Waals surface area contributed by atoms with E-state index in [1.807, 2.05) is 37.3 Å². The van der Waals surface area contributed by atoms with Crippen LogP contribution in [0.5, 0.6) is 11.5 Å². The molecule has 0 heterocycles. The molecule has 0 saturated heterocycles. The summed E-state index contributed by atoms with van der Waals surface area (Å²) in [6.45, 7) is 9.61. The van der Waals surface area contributed by atoms with Crippen molar-refractivity contribution in [2.75, 3.05) is 13.2 Å². The SMILES string of the molecule is C=CC(=O)OCCCC1CCC(c2ccc(C(=O)Oc3ccc(C)cc3OC(=O)c3ccc(C4CCC(CCCOC(=O)C=C)CC4)cc3)cc2)CC1. The molecule has 0 N–H and O–H groups in total. The number of carbonyl (C=O) groups is 4. The molecule has 5 rings (SSSR count). The van der Waals surface area contributed by atoms with Gasteiger partial charge in [0.1, 0.15) is 0 Å². The van der Waals surface area contributed by atoms with Crippen molar-refractivity contribution in [1.82, 2.24) is 0 Å². The summed E-state index contributed by atoms with van der Waals surface area (Å²) in [6, 6.07) is 20.4. The van der Waals surface area contributed by atoms with E-state index in [9.17, 15) is 19.2 Å². The summed E-state index contributed by atoms with van der Waals surface area (Å²) in [5.74, 6) is 0.759. The van der Waals surface area contributed by atoms with Gasteiger partial charge in [-0.3, -0.25) is 0 Å². The quantitative estimate of drug-likeness (QED) is 0.0623. The predicted molar refractivity (Wildman–Crippen MR) is 204 cm³/mol. The number of benzene rings is 3. The highest BCUT2D eigenvalue weighted by Crippen LogP contribution is 2.39. The normalized spacial score (nSPS) is 19.7. The van der Waals surface area contributed by atoms with Crippen LogP contribution in [0.4, 0.5) is 0 Å². The van der Waals surface area contributed by atoms with Gasteiger partial charge in [-0.2, -0.15) is 0 Å². The van der Waals surface area contributed by atoms with Crippen LogP contribution in [-0.4, -0.2) is 37.1 Å². The van der Waals surface area contributed by atoms with Crippen LogP contribution in [0.15, 0.2) is 92.0 Å². The van der Waals surface area contributed by atoms with Crippen LogP contribution < -0.4 is 9.47 Å². The Labute approximate surface area is 313 Å². The molecule has 0 aliphatic heterocycles. The molecule has 8 heteroatoms. The summed E-state index contributed by atoms with van der Waals surface area (Å²) in [4.78, 5) is 48.9. The Balaban J connectivity index is 1.09. The highest BCUT2D eigenvalue weighted by molar-refractivity contribution is 5.93. The van der Waals surface area contributed by atoms with E-state index in [1.165, 1.54) is 23.3 Å². The van der Waals surface area contributed by atoms with Gasteiger partial charge < -0.3 is 18.9 Å². The van der Waals surface area contributed by atoms with E-state index in [4.69, 9.17) is 18.9 Å². The maximum atomic E-state index is 13.2. The molecule has 2 aliphatic rings. The van der Waals surface area contributed by atoms with Gasteiger partial charge in [0.2, 0.25) is 0 Å². The van der Waals surface area contributed by atoms with Crippen molar-refractivity contribution in [3.63, 3.8) is 0 Å². The van der Waals surface area contributed by atoms with Crippen LogP contribution in [0.25, 0.3) is 0 Å². The minimum absolute atomic E-state index is 0.183. The van der Waals surface area contributed by atoms with Crippen LogP contribution in [0.3, 0.4) is 0 Å². The van der Waals surface area contributed by atoms with Crippen LogP contribution in [0, 0.1) is 18.8 Å². The largest absolute Gasteiger partial charge is 0.463 e. The van der Waals surface area contributed by atoms with E-state index < -0.39 is 11.9 Å². The first-order valence-corrected chi connectivity index (χ1v) is 19.1. The molecule has 0 radical (unpaired) electrons. The smallest absolute Gasteiger partial charge is 0.343 e. The number of aryl methyl sites for hydroxylation is 1. The third kappa shape index (κ3) is 11.8. The highest BCUT2D eigenvalue weighted by Gasteiger charge is 2.25. The molecule has 53 heavy (non-hydrogen) atoms. The Bertz CT molecular complexity index is 1710. The minimum atomic E-state index is -0.520. The first kappa shape index (κ1) is 39.2. The van der Waals surface area contributed by atoms with Crippen molar-refractivity contribution in [3.05, 3.63) is 120 Å². The fourth-order valence-electron chi connectivity index (χ4n) is 7.66. The lowest BCUT2D eigenvalue weighted by molar-refractivity contribution is -0.138. The number of ether oxygens (including phenoxy) is 4. The summed E-state index contributed by atoms with van der Waals surface area (Å²) in [5.41, 5.74) is 4.14. The number of carbonyl (C=O) groups excluding carboxylic acids is 4. The van der Waals surface area contributed by atoms with E-state index in [-0.39, 0.29) is 23.4 Å². The Morgan fingerprint density at radius 3 is 1.42 bits per heavy atom. The van der Waals surface area contributed by atoms with Crippen molar-refractivity contribution in [1.29, 1.82) is 0 Å². The van der Waals surface area contributed by atoms with E-state index in [0.29, 0.717) is 48.0 Å². The number of hydrogen-bond donors (Lipinski definition) is 0. The van der Waals surface area contributed by atoms with E-state index >= 15 is 0 Å². The van der Waals surface area contributed by atoms with Gasteiger partial charge in [0.15, 0.2) is 11.5 Å². The van der Waals surface area contributed by atoms with Crippen LogP contribution in [0.2, 0.25) is 0 Å². The van der Waals surface area contributed by atoms with Crippen molar-refractivity contribution in [2.24, 2.45) is 11.8 Å². The van der Waals surface area contributed by atoms with E-state index in [0.717, 1.165) is 82.6 Å². The summed E-state index contributed by atoms with van der Waals surface area (Å²) >= 11 is 0. The Hall–Kier alpha value is -4.98. The van der Waals surface area contributed by atoms with Crippen LogP contribution in [-0.2, 0) is 19.1 Å². The standard InChI is InChI=1S/C45H52O8/c1-4-42(46)50-28-6-8-32-11-15-34(16-12-32)36-19-23-38(24-20-36)44(48)52-40-27-10-31(3)30-41(40)53-45(49)39-25-21-37(22-26-39)35-17-13-33(14-18-35)9-7-29-51-43(47)5-2/h4-5,10,19-27,30,32-35H,1-2,6-9,11-18,28-29H2,3H3. The van der Waals surface area contributed by atoms with Gasteiger partial charge in [-0.05, 0) is 161 Å². The average molecular weight is 721 g/mol. The maximum absolute atomic E-state index is 13.2. The van der Waals surface area contributed by atoms with Gasteiger partial charge in [0, 0.05) is 12.2 Å². The third-order valence-electron chi connectivity index (χ3n) is 10.8. The second kappa shape index (κ2) is 19.7. The molecule has 3 aromatic carbocycles. The number of esters is 4. The predicted octanol–water partition coefficient (Wildman–Crippen LogP) is 10.00. The zero-order chi connectivity index (χ0) is 37.6. The summed E-state index contributed by atoms with van der Waals surface area (Å²) < 4.78 is 21.8. The van der Waals surface area contributed by atoms with Crippen LogP contribution >= 0.6 is 0 Å². The second-order valence-corrected chi connectivity index (χ2v) is 14.4. The minimum Gasteiger partial charge on any atom is -0.463 e. The summed E-state index contributed by atoms with van der Waals surface area (Å²) in [6.07, 6.45) is 15.1. The van der Waals surface area contributed by atoms with Gasteiger partial charge in [-0.15, -0.1) is 0 Å². The molecule has 2 saturated carbocycles. The van der Waals surface area contributed by atoms with Crippen molar-refractivity contribution in [2.45, 2.75) is 95.8 Å². The van der Waals surface area contributed by atoms with Gasteiger partial charge in [0.05, 0.1) is 24.3 Å². The van der Waals surface area contributed by atoms with Crippen molar-refractivity contribution < 1.29 is 38.1 Å². The molecule has 0 atom stereocenters. The molecule has 2 fully saturated rings. The topological polar surface area (TPSA) is 105 Å². The Morgan fingerprint density at radius 2 is 1.00 bits per heavy atom. The lowest BCUT2D eigenvalue weighted by Crippen LogP contribution is -2.15. The molecule has 0 unspecified atom stereocenters. The van der Waals surface area contributed by atoms with Gasteiger partial charge in [0.25, 0.3) is 0 Å². The molecule has 0 spiro atoms. The second-order valence-electron chi connectivity index (χ2n) is 14.4. The number of rotatable bonds is 16. The van der Waals surface area contributed by atoms with Crippen LogP contribution in [0.1, 0.15) is 126 Å². The van der Waals surface area contributed by atoms with Gasteiger partial charge in [-0.1, -0.05) is 43.5 Å². The monoisotopic (exact) mass is 720 g/mol. The molecule has 0 aromatic heterocycles. The molecule has 8 nitrogen and oxygen atoms in total. The summed E-state index contributed by atoms with van der Waals surface area (Å²) in [7, 11) is 0. The Morgan fingerprint density at radius 1 is 0.585 bits per heavy atom. The first-order valence-electron chi connectivity index (χ1n) is 19.1.